The van der Waals surface area contributed by atoms with Crippen molar-refractivity contribution in [2.24, 2.45) is 5.73 Å². The van der Waals surface area contributed by atoms with Crippen LogP contribution in [0.4, 0.5) is 11.4 Å². The second-order valence-corrected chi connectivity index (χ2v) is 5.03. The summed E-state index contributed by atoms with van der Waals surface area (Å²) in [4.78, 5) is 11.1. The largest absolute Gasteiger partial charge is 0.399 e. The highest BCUT2D eigenvalue weighted by atomic mass is 35.5. The quantitative estimate of drug-likeness (QED) is 0.636. The van der Waals surface area contributed by atoms with E-state index in [1.807, 2.05) is 0 Å². The monoisotopic (exact) mass is 305 g/mol. The van der Waals surface area contributed by atoms with Crippen molar-refractivity contribution in [3.8, 4) is 0 Å². The van der Waals surface area contributed by atoms with E-state index in [0.717, 1.165) is 5.56 Å². The van der Waals surface area contributed by atoms with Crippen molar-refractivity contribution in [3.05, 3.63) is 58.6 Å². The first-order valence-corrected chi connectivity index (χ1v) is 6.72. The fourth-order valence-electron chi connectivity index (χ4n) is 1.88. The van der Waals surface area contributed by atoms with Crippen LogP contribution in [-0.2, 0) is 0 Å². The number of aliphatic hydroxyl groups excluding tert-OH is 1. The number of nitrogens with one attached hydrogen (secondary N) is 1. The minimum absolute atomic E-state index is 0.265. The Kier molecular flexibility index (Phi) is 4.67. The van der Waals surface area contributed by atoms with Gasteiger partial charge in [-0.2, -0.15) is 0 Å². The lowest BCUT2D eigenvalue weighted by atomic mass is 10.1. The number of benzene rings is 2. The Morgan fingerprint density at radius 1 is 1.24 bits per heavy atom. The van der Waals surface area contributed by atoms with Crippen LogP contribution < -0.4 is 16.8 Å². The number of anilines is 2. The molecule has 0 bridgehead atoms. The van der Waals surface area contributed by atoms with Gasteiger partial charge in [-0.15, -0.1) is 0 Å². The molecule has 0 spiro atoms. The van der Waals surface area contributed by atoms with Crippen LogP contribution in [0.15, 0.2) is 42.5 Å². The second kappa shape index (κ2) is 6.47. The SMILES string of the molecule is NC(=O)c1ccc(NCC(O)c2ccc(N)cc2)cc1Cl. The molecule has 1 amide bonds. The molecule has 0 radical (unpaired) electrons. The van der Waals surface area contributed by atoms with Gasteiger partial charge in [0.25, 0.3) is 0 Å². The number of hydrogen-bond acceptors (Lipinski definition) is 4. The average molecular weight is 306 g/mol. The minimum Gasteiger partial charge on any atom is -0.399 e. The number of rotatable bonds is 5. The van der Waals surface area contributed by atoms with Crippen LogP contribution in [-0.4, -0.2) is 17.6 Å². The van der Waals surface area contributed by atoms with E-state index in [2.05, 4.69) is 5.32 Å². The summed E-state index contributed by atoms with van der Waals surface area (Å²) in [6.07, 6.45) is -0.680. The number of carbonyl (C=O) groups excluding carboxylic acids is 1. The van der Waals surface area contributed by atoms with Crippen molar-refractivity contribution < 1.29 is 9.90 Å². The summed E-state index contributed by atoms with van der Waals surface area (Å²) in [5, 5.41) is 13.4. The number of nitrogen functional groups attached to an aromatic ring is 1. The van der Waals surface area contributed by atoms with Crippen LogP contribution in [0.1, 0.15) is 22.0 Å². The number of aliphatic hydroxyl groups is 1. The summed E-state index contributed by atoms with van der Waals surface area (Å²) in [7, 11) is 0. The fourth-order valence-corrected chi connectivity index (χ4v) is 2.15. The van der Waals surface area contributed by atoms with E-state index >= 15 is 0 Å². The molecule has 21 heavy (non-hydrogen) atoms. The molecule has 6 heteroatoms. The van der Waals surface area contributed by atoms with Crippen molar-refractivity contribution in [3.63, 3.8) is 0 Å². The first-order valence-electron chi connectivity index (χ1n) is 6.34. The molecule has 5 nitrogen and oxygen atoms in total. The lowest BCUT2D eigenvalue weighted by Crippen LogP contribution is -2.14. The van der Waals surface area contributed by atoms with Gasteiger partial charge in [0.05, 0.1) is 16.7 Å². The first-order chi connectivity index (χ1) is 9.97. The summed E-state index contributed by atoms with van der Waals surface area (Å²) >= 11 is 5.96. The zero-order valence-corrected chi connectivity index (χ0v) is 12.0. The zero-order valence-electron chi connectivity index (χ0n) is 11.2. The molecule has 1 unspecified atom stereocenters. The summed E-state index contributed by atoms with van der Waals surface area (Å²) in [5.41, 5.74) is 13.1. The number of amides is 1. The van der Waals surface area contributed by atoms with Crippen molar-refractivity contribution >= 4 is 28.9 Å². The third-order valence-corrected chi connectivity index (χ3v) is 3.37. The van der Waals surface area contributed by atoms with Gasteiger partial charge in [0.1, 0.15) is 0 Å². The minimum atomic E-state index is -0.680. The standard InChI is InChI=1S/C15H16ClN3O2/c16-13-7-11(5-6-12(13)15(18)21)19-8-14(20)9-1-3-10(17)4-2-9/h1-7,14,19-20H,8,17H2,(H2,18,21). The van der Waals surface area contributed by atoms with Gasteiger partial charge in [0.2, 0.25) is 5.91 Å². The number of carbonyl (C=O) groups is 1. The third-order valence-electron chi connectivity index (χ3n) is 3.06. The molecule has 0 saturated carbocycles. The summed E-state index contributed by atoms with van der Waals surface area (Å²) in [5.74, 6) is -0.576. The predicted molar refractivity (Wildman–Crippen MR) is 84.3 cm³/mol. The Bertz CT molecular complexity index is 644. The van der Waals surface area contributed by atoms with Crippen LogP contribution in [0.3, 0.4) is 0 Å². The van der Waals surface area contributed by atoms with Crippen molar-refractivity contribution in [2.45, 2.75) is 6.10 Å². The van der Waals surface area contributed by atoms with E-state index in [-0.39, 0.29) is 10.6 Å². The van der Waals surface area contributed by atoms with Crippen LogP contribution in [0, 0.1) is 0 Å². The topological polar surface area (TPSA) is 101 Å². The molecule has 0 aliphatic rings. The Balaban J connectivity index is 2.01. The summed E-state index contributed by atoms with van der Waals surface area (Å²) in [6.45, 7) is 0.302. The molecular formula is C15H16ClN3O2. The van der Waals surface area contributed by atoms with E-state index in [0.29, 0.717) is 17.9 Å². The third kappa shape index (κ3) is 3.87. The highest BCUT2D eigenvalue weighted by molar-refractivity contribution is 6.34. The molecule has 110 valence electrons. The molecule has 0 aliphatic carbocycles. The fraction of sp³-hybridized carbons (Fsp3) is 0.133. The maximum atomic E-state index is 11.1. The number of primary amides is 1. The Morgan fingerprint density at radius 3 is 2.48 bits per heavy atom. The lowest BCUT2D eigenvalue weighted by Gasteiger charge is -2.14. The van der Waals surface area contributed by atoms with E-state index in [1.54, 1.807) is 42.5 Å². The van der Waals surface area contributed by atoms with Gasteiger partial charge in [-0.25, -0.2) is 0 Å². The van der Waals surface area contributed by atoms with E-state index in [1.165, 1.54) is 0 Å². The summed E-state index contributed by atoms with van der Waals surface area (Å²) < 4.78 is 0. The number of halogens is 1. The average Bonchev–Trinajstić information content (AvgIpc) is 2.45. The van der Waals surface area contributed by atoms with Gasteiger partial charge in [-0.05, 0) is 35.9 Å². The Morgan fingerprint density at radius 2 is 1.90 bits per heavy atom. The Hall–Kier alpha value is -2.24. The van der Waals surface area contributed by atoms with Crippen molar-refractivity contribution in [1.29, 1.82) is 0 Å². The normalized spacial score (nSPS) is 11.9. The zero-order chi connectivity index (χ0) is 15.4. The van der Waals surface area contributed by atoms with Gasteiger partial charge in [-0.1, -0.05) is 23.7 Å². The van der Waals surface area contributed by atoms with Gasteiger partial charge in [0.15, 0.2) is 0 Å². The second-order valence-electron chi connectivity index (χ2n) is 4.62. The van der Waals surface area contributed by atoms with Gasteiger partial charge in [0, 0.05) is 17.9 Å². The molecule has 6 N–H and O–H groups in total. The molecule has 0 aromatic heterocycles. The van der Waals surface area contributed by atoms with Crippen molar-refractivity contribution in [1.82, 2.24) is 0 Å². The molecule has 2 aromatic rings. The lowest BCUT2D eigenvalue weighted by molar-refractivity contribution is 0.100. The smallest absolute Gasteiger partial charge is 0.250 e. The molecule has 0 aliphatic heterocycles. The molecule has 1 atom stereocenters. The van der Waals surface area contributed by atoms with Gasteiger partial charge >= 0.3 is 0 Å². The summed E-state index contributed by atoms with van der Waals surface area (Å²) in [6, 6.07) is 11.8. The van der Waals surface area contributed by atoms with E-state index < -0.39 is 12.0 Å². The van der Waals surface area contributed by atoms with Crippen LogP contribution >= 0.6 is 11.6 Å². The van der Waals surface area contributed by atoms with Crippen LogP contribution in [0.2, 0.25) is 5.02 Å². The number of hydrogen-bond donors (Lipinski definition) is 4. The van der Waals surface area contributed by atoms with E-state index in [9.17, 15) is 9.90 Å². The number of nitrogens with two attached hydrogens (primary N) is 2. The molecule has 0 heterocycles. The van der Waals surface area contributed by atoms with Gasteiger partial charge < -0.3 is 21.9 Å². The molecule has 2 aromatic carbocycles. The maximum absolute atomic E-state index is 11.1. The molecule has 2 rings (SSSR count). The first kappa shape index (κ1) is 15.2. The predicted octanol–water partition coefficient (Wildman–Crippen LogP) is 2.17. The van der Waals surface area contributed by atoms with Gasteiger partial charge in [-0.3, -0.25) is 4.79 Å². The maximum Gasteiger partial charge on any atom is 0.250 e. The highest BCUT2D eigenvalue weighted by Gasteiger charge is 2.09. The Labute approximate surface area is 127 Å². The van der Waals surface area contributed by atoms with Crippen LogP contribution in [0.25, 0.3) is 0 Å². The molecule has 0 saturated heterocycles. The molecular weight excluding hydrogens is 290 g/mol. The highest BCUT2D eigenvalue weighted by Crippen LogP contribution is 2.22. The van der Waals surface area contributed by atoms with E-state index in [4.69, 9.17) is 23.1 Å². The van der Waals surface area contributed by atoms with Crippen molar-refractivity contribution in [2.75, 3.05) is 17.6 Å². The van der Waals surface area contributed by atoms with Crippen LogP contribution in [0.5, 0.6) is 0 Å². The molecule has 0 fully saturated rings.